The molecule has 30 heavy (non-hydrogen) atoms. The van der Waals surface area contributed by atoms with E-state index in [4.69, 9.17) is 20.6 Å². The number of methoxy groups -OCH3 is 2. The number of amides is 1. The fourth-order valence-corrected chi connectivity index (χ4v) is 3.70. The maximum Gasteiger partial charge on any atom is 0.266 e. The number of hydrogen-bond acceptors (Lipinski definition) is 6. The summed E-state index contributed by atoms with van der Waals surface area (Å²) < 4.78 is 15.7. The summed E-state index contributed by atoms with van der Waals surface area (Å²) in [5.74, 6) is 3.76. The summed E-state index contributed by atoms with van der Waals surface area (Å²) in [6.07, 6.45) is 7.05. The molecule has 0 aliphatic carbocycles. The number of carbonyl (C=O) groups excluding carboxylic acids is 1. The first kappa shape index (κ1) is 21.5. The number of hydrogen-bond donors (Lipinski definition) is 0. The second-order valence-electron chi connectivity index (χ2n) is 6.21. The molecule has 2 aromatic rings. The summed E-state index contributed by atoms with van der Waals surface area (Å²) in [5, 5.41) is 0.613. The standard InChI is InChI=1S/C23H22N2O4S/c1-4-14-29-20-9-5-17(6-10-20)16-21-22(26)25(13-15-27-2)23(30-21)24-18-7-11-19(28-3)12-8-18/h1,5-12,16H,13-15H2,2-3H3/b21-16-,24-23?. The largest absolute Gasteiger partial charge is 0.497 e. The van der Waals surface area contributed by atoms with E-state index < -0.39 is 0 Å². The highest BCUT2D eigenvalue weighted by atomic mass is 32.2. The van der Waals surface area contributed by atoms with Gasteiger partial charge in [-0.25, -0.2) is 4.99 Å². The van der Waals surface area contributed by atoms with E-state index >= 15 is 0 Å². The van der Waals surface area contributed by atoms with Gasteiger partial charge in [0.2, 0.25) is 0 Å². The van der Waals surface area contributed by atoms with E-state index in [0.717, 1.165) is 17.0 Å². The molecule has 1 heterocycles. The fourth-order valence-electron chi connectivity index (χ4n) is 2.67. The predicted molar refractivity (Wildman–Crippen MR) is 120 cm³/mol. The lowest BCUT2D eigenvalue weighted by Gasteiger charge is -2.14. The van der Waals surface area contributed by atoms with Crippen molar-refractivity contribution in [1.82, 2.24) is 4.90 Å². The Morgan fingerprint density at radius 3 is 2.43 bits per heavy atom. The molecule has 1 aliphatic heterocycles. The van der Waals surface area contributed by atoms with Crippen molar-refractivity contribution in [3.8, 4) is 23.8 Å². The number of carbonyl (C=O) groups is 1. The Kier molecular flexibility index (Phi) is 7.55. The van der Waals surface area contributed by atoms with Gasteiger partial charge in [0.05, 0.1) is 30.9 Å². The van der Waals surface area contributed by atoms with Crippen LogP contribution in [0, 0.1) is 12.3 Å². The van der Waals surface area contributed by atoms with Crippen LogP contribution in [0.25, 0.3) is 6.08 Å². The van der Waals surface area contributed by atoms with E-state index in [9.17, 15) is 4.79 Å². The third kappa shape index (κ3) is 5.44. The Morgan fingerprint density at radius 2 is 1.80 bits per heavy atom. The zero-order valence-corrected chi connectivity index (χ0v) is 17.6. The minimum atomic E-state index is -0.100. The minimum Gasteiger partial charge on any atom is -0.497 e. The Labute approximate surface area is 180 Å². The summed E-state index contributed by atoms with van der Waals surface area (Å²) >= 11 is 1.34. The number of benzene rings is 2. The Bertz CT molecular complexity index is 976. The molecule has 0 atom stereocenters. The molecule has 0 radical (unpaired) electrons. The van der Waals surface area contributed by atoms with Crippen molar-refractivity contribution < 1.29 is 19.0 Å². The Hall–Kier alpha value is -3.21. The average Bonchev–Trinajstić information content (AvgIpc) is 3.06. The maximum absolute atomic E-state index is 13.0. The van der Waals surface area contributed by atoms with Crippen LogP contribution in [-0.2, 0) is 9.53 Å². The monoisotopic (exact) mass is 422 g/mol. The molecule has 1 aliphatic rings. The third-order valence-electron chi connectivity index (χ3n) is 4.20. The van der Waals surface area contributed by atoms with Gasteiger partial charge in [-0.15, -0.1) is 6.42 Å². The van der Waals surface area contributed by atoms with Crippen molar-refractivity contribution >= 4 is 34.6 Å². The predicted octanol–water partition coefficient (Wildman–Crippen LogP) is 3.96. The van der Waals surface area contributed by atoms with Crippen molar-refractivity contribution in [3.63, 3.8) is 0 Å². The molecule has 1 amide bonds. The van der Waals surface area contributed by atoms with E-state index in [2.05, 4.69) is 10.9 Å². The van der Waals surface area contributed by atoms with Crippen molar-refractivity contribution in [1.29, 1.82) is 0 Å². The summed E-state index contributed by atoms with van der Waals surface area (Å²) in [6.45, 7) is 1.06. The molecule has 2 aromatic carbocycles. The zero-order chi connectivity index (χ0) is 21.3. The molecular weight excluding hydrogens is 400 g/mol. The van der Waals surface area contributed by atoms with Crippen molar-refractivity contribution in [2.45, 2.75) is 0 Å². The highest BCUT2D eigenvalue weighted by molar-refractivity contribution is 8.18. The number of amidine groups is 1. The van der Waals surface area contributed by atoms with Gasteiger partial charge < -0.3 is 14.2 Å². The van der Waals surface area contributed by atoms with Gasteiger partial charge in [-0.05, 0) is 59.8 Å². The van der Waals surface area contributed by atoms with Gasteiger partial charge >= 0.3 is 0 Å². The second-order valence-corrected chi connectivity index (χ2v) is 7.22. The van der Waals surface area contributed by atoms with Gasteiger partial charge in [-0.1, -0.05) is 18.1 Å². The molecule has 0 unspecified atom stereocenters. The summed E-state index contributed by atoms with van der Waals surface area (Å²) in [7, 11) is 3.22. The first-order valence-electron chi connectivity index (χ1n) is 9.24. The molecule has 0 N–H and O–H groups in total. The van der Waals surface area contributed by atoms with Gasteiger partial charge in [0.1, 0.15) is 18.1 Å². The highest BCUT2D eigenvalue weighted by Gasteiger charge is 2.33. The van der Waals surface area contributed by atoms with E-state index in [-0.39, 0.29) is 12.5 Å². The zero-order valence-electron chi connectivity index (χ0n) is 16.8. The quantitative estimate of drug-likeness (QED) is 0.476. The van der Waals surface area contributed by atoms with Crippen LogP contribution in [0.3, 0.4) is 0 Å². The van der Waals surface area contributed by atoms with Crippen LogP contribution >= 0.6 is 11.8 Å². The van der Waals surface area contributed by atoms with E-state index in [1.54, 1.807) is 19.1 Å². The van der Waals surface area contributed by atoms with Crippen LogP contribution in [0.5, 0.6) is 11.5 Å². The lowest BCUT2D eigenvalue weighted by atomic mass is 10.2. The molecular formula is C23H22N2O4S. The normalized spacial score (nSPS) is 16.2. The smallest absolute Gasteiger partial charge is 0.266 e. The average molecular weight is 423 g/mol. The van der Waals surface area contributed by atoms with Crippen LogP contribution in [0.2, 0.25) is 0 Å². The fraction of sp³-hybridized carbons (Fsp3) is 0.217. The third-order valence-corrected chi connectivity index (χ3v) is 5.21. The van der Waals surface area contributed by atoms with Crippen LogP contribution in [0.1, 0.15) is 5.56 Å². The molecule has 0 spiro atoms. The summed E-state index contributed by atoms with van der Waals surface area (Å²) in [5.41, 5.74) is 1.63. The van der Waals surface area contributed by atoms with Gasteiger partial charge in [0, 0.05) is 7.11 Å². The van der Waals surface area contributed by atoms with Gasteiger partial charge in [0.25, 0.3) is 5.91 Å². The molecule has 154 valence electrons. The van der Waals surface area contributed by atoms with Crippen LogP contribution in [0.15, 0.2) is 58.4 Å². The summed E-state index contributed by atoms with van der Waals surface area (Å²) in [6, 6.07) is 14.8. The second kappa shape index (κ2) is 10.5. The number of rotatable bonds is 8. The molecule has 0 aromatic heterocycles. The van der Waals surface area contributed by atoms with E-state index in [1.807, 2.05) is 54.6 Å². The van der Waals surface area contributed by atoms with Gasteiger partial charge in [-0.2, -0.15) is 0 Å². The first-order chi connectivity index (χ1) is 14.6. The topological polar surface area (TPSA) is 60.4 Å². The number of terminal acetylenes is 1. The highest BCUT2D eigenvalue weighted by Crippen LogP contribution is 2.34. The minimum absolute atomic E-state index is 0.100. The van der Waals surface area contributed by atoms with Crippen LogP contribution in [0.4, 0.5) is 5.69 Å². The van der Waals surface area contributed by atoms with E-state index in [1.165, 1.54) is 11.8 Å². The van der Waals surface area contributed by atoms with Gasteiger partial charge in [-0.3, -0.25) is 9.69 Å². The van der Waals surface area contributed by atoms with Crippen molar-refractivity contribution in [2.24, 2.45) is 4.99 Å². The number of thioether (sulfide) groups is 1. The maximum atomic E-state index is 13.0. The molecule has 0 bridgehead atoms. The lowest BCUT2D eigenvalue weighted by molar-refractivity contribution is -0.122. The molecule has 0 saturated carbocycles. The lowest BCUT2D eigenvalue weighted by Crippen LogP contribution is -2.32. The first-order valence-corrected chi connectivity index (χ1v) is 10.1. The number of nitrogens with zero attached hydrogens (tertiary/aromatic N) is 2. The number of ether oxygens (including phenoxy) is 3. The Morgan fingerprint density at radius 1 is 1.10 bits per heavy atom. The molecule has 1 saturated heterocycles. The van der Waals surface area contributed by atoms with Crippen molar-refractivity contribution in [3.05, 3.63) is 59.0 Å². The molecule has 7 heteroatoms. The summed E-state index contributed by atoms with van der Waals surface area (Å²) in [4.78, 5) is 19.8. The Balaban J connectivity index is 1.83. The van der Waals surface area contributed by atoms with Crippen LogP contribution in [-0.4, -0.2) is 50.0 Å². The molecule has 3 rings (SSSR count). The number of aliphatic imine (C=N–C) groups is 1. The molecule has 1 fully saturated rings. The van der Waals surface area contributed by atoms with Crippen molar-refractivity contribution in [2.75, 3.05) is 34.0 Å². The SMILES string of the molecule is C#CCOc1ccc(/C=C2\SC(=Nc3ccc(OC)cc3)N(CCOC)C2=O)cc1. The van der Waals surface area contributed by atoms with Gasteiger partial charge in [0.15, 0.2) is 5.17 Å². The van der Waals surface area contributed by atoms with Crippen LogP contribution < -0.4 is 9.47 Å². The van der Waals surface area contributed by atoms with E-state index in [0.29, 0.717) is 29.0 Å². The molecule has 6 nitrogen and oxygen atoms in total.